The van der Waals surface area contributed by atoms with Gasteiger partial charge >= 0.3 is 0 Å². The predicted octanol–water partition coefficient (Wildman–Crippen LogP) is 25.7. The third kappa shape index (κ3) is 11.3. The molecular weight excluding hydrogens is 1170 g/mol. The lowest BCUT2D eigenvalue weighted by molar-refractivity contribution is 0.770. The van der Waals surface area contributed by atoms with Gasteiger partial charge in [0, 0.05) is 0 Å². The normalized spacial score (nSPS) is 11.9. The molecule has 0 radical (unpaired) electrons. The van der Waals surface area contributed by atoms with Crippen LogP contribution in [-0.4, -0.2) is 0 Å². The Balaban J connectivity index is 1.01. The van der Waals surface area contributed by atoms with Gasteiger partial charge in [-0.1, -0.05) is 273 Å². The average Bonchev–Trinajstić information content (AvgIpc) is 1.57. The van der Waals surface area contributed by atoms with Gasteiger partial charge in [0.25, 0.3) is 0 Å². The van der Waals surface area contributed by atoms with Crippen LogP contribution in [0.25, 0.3) is 145 Å². The number of fused-ring (bicyclic) bond motifs is 3. The van der Waals surface area contributed by atoms with Crippen LogP contribution in [0.5, 0.6) is 0 Å². The Hall–Kier alpha value is -12.7. The van der Waals surface area contributed by atoms with Gasteiger partial charge in [0.05, 0.1) is 5.41 Å². The van der Waals surface area contributed by atoms with Gasteiger partial charge in [0.15, 0.2) is 0 Å². The molecule has 1 aliphatic carbocycles. The minimum atomic E-state index is -0.898. The summed E-state index contributed by atoms with van der Waals surface area (Å²) < 4.78 is 0. The molecule has 0 bridgehead atoms. The molecule has 0 fully saturated rings. The molecule has 16 aromatic rings. The molecule has 17 rings (SSSR count). The maximum atomic E-state index is 3.29. The summed E-state index contributed by atoms with van der Waals surface area (Å²) in [7, 11) is 0. The second kappa shape index (κ2) is 25.3. The Kier molecular flexibility index (Phi) is 15.2. The molecule has 0 heteroatoms. The van der Waals surface area contributed by atoms with E-state index in [1.54, 1.807) is 0 Å². The number of rotatable bonds is 14. The van der Waals surface area contributed by atoms with Crippen molar-refractivity contribution in [3.8, 4) is 145 Å². The molecule has 0 unspecified atom stereocenters. The molecule has 0 atom stereocenters. The highest BCUT2D eigenvalue weighted by atomic mass is 14.5. The van der Waals surface area contributed by atoms with Gasteiger partial charge in [0.2, 0.25) is 0 Å². The molecule has 0 saturated heterocycles. The van der Waals surface area contributed by atoms with Crippen LogP contribution >= 0.6 is 0 Å². The van der Waals surface area contributed by atoms with Crippen LogP contribution in [0.4, 0.5) is 0 Å². The van der Waals surface area contributed by atoms with Crippen molar-refractivity contribution in [2.75, 3.05) is 0 Å². The molecule has 0 aliphatic heterocycles. The lowest BCUT2D eigenvalue weighted by Crippen LogP contribution is -2.29. The van der Waals surface area contributed by atoms with E-state index < -0.39 is 5.41 Å². The minimum absolute atomic E-state index is 0.898. The van der Waals surface area contributed by atoms with Gasteiger partial charge in [0.1, 0.15) is 0 Å². The second-order valence-electron chi connectivity index (χ2n) is 25.4. The fourth-order valence-electron chi connectivity index (χ4n) is 14.8. The zero-order valence-corrected chi connectivity index (χ0v) is 53.5. The summed E-state index contributed by atoms with van der Waals surface area (Å²) in [6.07, 6.45) is 0. The highest BCUT2D eigenvalue weighted by molar-refractivity contribution is 5.93. The lowest BCUT2D eigenvalue weighted by Gasteiger charge is -2.35. The zero-order chi connectivity index (χ0) is 64.5. The van der Waals surface area contributed by atoms with Crippen molar-refractivity contribution in [3.05, 3.63) is 423 Å². The maximum absolute atomic E-state index is 3.29. The van der Waals surface area contributed by atoms with E-state index in [1.165, 1.54) is 22.3 Å². The van der Waals surface area contributed by atoms with Crippen LogP contribution in [-0.2, 0) is 5.41 Å². The fraction of sp³-hybridized carbons (Fsp3) is 0.0103. The van der Waals surface area contributed by atoms with Crippen molar-refractivity contribution in [2.24, 2.45) is 0 Å². The first kappa shape index (κ1) is 58.2. The molecule has 16 aromatic carbocycles. The van der Waals surface area contributed by atoms with Crippen molar-refractivity contribution >= 4 is 0 Å². The van der Waals surface area contributed by atoms with Crippen molar-refractivity contribution in [1.29, 1.82) is 0 Å². The monoisotopic (exact) mass is 1230 g/mol. The number of hydrogen-bond acceptors (Lipinski definition) is 0. The van der Waals surface area contributed by atoms with Gasteiger partial charge in [-0.2, -0.15) is 0 Å². The summed E-state index contributed by atoms with van der Waals surface area (Å²) in [6, 6.07) is 151. The summed E-state index contributed by atoms with van der Waals surface area (Å²) in [6.45, 7) is 0. The van der Waals surface area contributed by atoms with Crippen molar-refractivity contribution in [3.63, 3.8) is 0 Å². The Morgan fingerprint density at radius 3 is 0.577 bits per heavy atom. The Morgan fingerprint density at radius 2 is 0.351 bits per heavy atom. The molecule has 0 nitrogen and oxygen atoms in total. The third-order valence-corrected chi connectivity index (χ3v) is 19.5. The average molecular weight is 1230 g/mol. The molecule has 452 valence electrons. The number of hydrogen-bond donors (Lipinski definition) is 0. The minimum Gasteiger partial charge on any atom is -0.0702 e. The zero-order valence-electron chi connectivity index (χ0n) is 53.5. The molecule has 0 heterocycles. The largest absolute Gasteiger partial charge is 0.0714 e. The number of benzene rings is 15. The van der Waals surface area contributed by atoms with Crippen LogP contribution in [0.2, 0.25) is 0 Å². The van der Waals surface area contributed by atoms with Gasteiger partial charge in [-0.05, 0) is 294 Å². The van der Waals surface area contributed by atoms with E-state index in [0.29, 0.717) is 0 Å². The van der Waals surface area contributed by atoms with Crippen LogP contribution in [0.3, 0.4) is 0 Å². The molecule has 0 aromatic heterocycles. The molecule has 97 heavy (non-hydrogen) atoms. The van der Waals surface area contributed by atoms with Crippen molar-refractivity contribution in [1.82, 2.24) is 0 Å². The van der Waals surface area contributed by atoms with E-state index in [1.807, 2.05) is 6.07 Å². The maximum Gasteiger partial charge on any atom is 0.0714 e. The topological polar surface area (TPSA) is 0 Å². The van der Waals surface area contributed by atoms with E-state index in [2.05, 4.69) is 394 Å². The summed E-state index contributed by atoms with van der Waals surface area (Å²) >= 11 is 0. The second-order valence-corrected chi connectivity index (χ2v) is 25.4. The van der Waals surface area contributed by atoms with Crippen LogP contribution in [0.1, 0.15) is 22.3 Å². The molecule has 0 N–H and O–H groups in total. The highest BCUT2D eigenvalue weighted by Crippen LogP contribution is 2.58. The van der Waals surface area contributed by atoms with Gasteiger partial charge in [-0.15, -0.1) is 0 Å². The smallest absolute Gasteiger partial charge is 0.0702 e. The van der Waals surface area contributed by atoms with E-state index in [-0.39, 0.29) is 0 Å². The summed E-state index contributed by atoms with van der Waals surface area (Å²) in [5.74, 6) is 0. The van der Waals surface area contributed by atoms with E-state index in [9.17, 15) is 0 Å². The Labute approximate surface area is 569 Å². The van der Waals surface area contributed by atoms with Gasteiger partial charge < -0.3 is 0 Å². The molecular formula is C97H64. The van der Waals surface area contributed by atoms with E-state index >= 15 is 0 Å². The molecule has 0 saturated carbocycles. The first-order valence-electron chi connectivity index (χ1n) is 33.4. The van der Waals surface area contributed by atoms with Crippen molar-refractivity contribution in [2.45, 2.75) is 5.41 Å². The fourth-order valence-corrected chi connectivity index (χ4v) is 14.8. The molecule has 0 spiro atoms. The molecule has 0 amide bonds. The first-order valence-corrected chi connectivity index (χ1v) is 33.4. The SMILES string of the molecule is c1ccc(-c2cc(-c3ccccc3)cc(-c3cc(-c4cc(-c5ccccc5)cc(-c5ccccc5)c4)cc(C4(c5cc(-c6cc(-c7ccccc7)cc(-c7ccccc7)c6)cc(-c6cc(-c7ccccc7)cc(-c7ccccc7)c6)c5)c5ccccc5-c5ccccc54)c3)c2)cc#1. The van der Waals surface area contributed by atoms with Crippen molar-refractivity contribution < 1.29 is 0 Å². The lowest BCUT2D eigenvalue weighted by atomic mass is 9.66. The quantitative estimate of drug-likeness (QED) is 0.102. The van der Waals surface area contributed by atoms with Gasteiger partial charge in [-0.3, -0.25) is 0 Å². The Bertz CT molecular complexity index is 4640. The first-order chi connectivity index (χ1) is 48.0. The van der Waals surface area contributed by atoms with E-state index in [4.69, 9.17) is 0 Å². The highest BCUT2D eigenvalue weighted by Gasteiger charge is 2.47. The van der Waals surface area contributed by atoms with Crippen LogP contribution < -0.4 is 0 Å². The van der Waals surface area contributed by atoms with E-state index in [0.717, 1.165) is 145 Å². The predicted molar refractivity (Wildman–Crippen MR) is 407 cm³/mol. The van der Waals surface area contributed by atoms with Crippen LogP contribution in [0, 0.1) is 12.1 Å². The summed E-state index contributed by atoms with van der Waals surface area (Å²) in [4.78, 5) is 0. The standard InChI is InChI=1S/C97H64/c1-9-29-67(30-10-1)75-49-76(68-31-11-2-12-32-68)54-83(53-75)87-61-88(84-55-77(69-33-13-3-14-34-69)50-78(56-84)70-35-15-4-16-36-70)64-91(63-87)97(95-47-27-25-45-93(95)94-46-26-28-48-96(94)97)92-65-89(85-57-79(71-37-17-5-18-38-71)51-80(58-85)72-39-19-6-20-40-72)62-90(66-92)86-59-81(73-41-21-7-22-42-73)52-82(60-86)74-43-23-8-24-44-74/h1-7,9-23,25-66H. The third-order valence-electron chi connectivity index (χ3n) is 19.5. The Morgan fingerprint density at radius 1 is 0.155 bits per heavy atom. The summed E-state index contributed by atoms with van der Waals surface area (Å²) in [5, 5.41) is 0. The van der Waals surface area contributed by atoms with Crippen LogP contribution in [0.15, 0.2) is 388 Å². The summed E-state index contributed by atoms with van der Waals surface area (Å²) in [5.41, 5.74) is 33.6. The van der Waals surface area contributed by atoms with Gasteiger partial charge in [-0.25, -0.2) is 0 Å². The molecule has 1 aliphatic rings.